The van der Waals surface area contributed by atoms with Crippen molar-refractivity contribution in [1.82, 2.24) is 0 Å². The van der Waals surface area contributed by atoms with Crippen molar-refractivity contribution < 1.29 is 19.4 Å². The van der Waals surface area contributed by atoms with Gasteiger partial charge in [0.1, 0.15) is 24.0 Å². The van der Waals surface area contributed by atoms with Gasteiger partial charge >= 0.3 is 5.63 Å². The number of hydrogen-bond acceptors (Lipinski definition) is 5. The van der Waals surface area contributed by atoms with Crippen LogP contribution in [0.2, 0.25) is 0 Å². The fourth-order valence-electron chi connectivity index (χ4n) is 2.28. The Morgan fingerprint density at radius 1 is 1.38 bits per heavy atom. The summed E-state index contributed by atoms with van der Waals surface area (Å²) >= 11 is 0. The van der Waals surface area contributed by atoms with Crippen LogP contribution in [0, 0.1) is 6.92 Å². The molecule has 0 unspecified atom stereocenters. The Morgan fingerprint density at radius 2 is 2.14 bits per heavy atom. The highest BCUT2D eigenvalue weighted by Crippen LogP contribution is 2.29. The van der Waals surface area contributed by atoms with Crippen molar-refractivity contribution in [3.63, 3.8) is 0 Å². The molecule has 0 spiro atoms. The Morgan fingerprint density at radius 3 is 2.81 bits per heavy atom. The third kappa shape index (κ3) is 3.43. The van der Waals surface area contributed by atoms with Crippen LogP contribution in [0.15, 0.2) is 27.4 Å². The van der Waals surface area contributed by atoms with Gasteiger partial charge in [-0.25, -0.2) is 4.79 Å². The first kappa shape index (κ1) is 15.5. The minimum atomic E-state index is -0.932. The van der Waals surface area contributed by atoms with Crippen LogP contribution in [-0.4, -0.2) is 29.5 Å². The van der Waals surface area contributed by atoms with Crippen LogP contribution in [0.5, 0.6) is 5.75 Å². The predicted molar refractivity (Wildman–Crippen MR) is 79.8 cm³/mol. The highest BCUT2D eigenvalue weighted by Gasteiger charge is 2.12. The van der Waals surface area contributed by atoms with E-state index in [1.54, 1.807) is 6.07 Å². The van der Waals surface area contributed by atoms with E-state index in [-0.39, 0.29) is 18.8 Å². The molecule has 0 saturated heterocycles. The van der Waals surface area contributed by atoms with E-state index in [1.807, 2.05) is 13.0 Å². The molecule has 2 N–H and O–H groups in total. The molecule has 5 heteroatoms. The first-order valence-corrected chi connectivity index (χ1v) is 7.04. The standard InChI is InChI=1S/C16H20O5/c1-3-4-11-7-15(19)21-16-10(2)14(6-5-13(11)16)20-9-12(18)8-17/h5-7,12,17-18H,3-4,8-9H2,1-2H3/t12-/m1/s1. The third-order valence-corrected chi connectivity index (χ3v) is 3.36. The molecule has 0 amide bonds. The number of aliphatic hydroxyl groups is 2. The summed E-state index contributed by atoms with van der Waals surface area (Å²) in [4.78, 5) is 11.7. The second-order valence-electron chi connectivity index (χ2n) is 5.05. The summed E-state index contributed by atoms with van der Waals surface area (Å²) in [5, 5.41) is 19.0. The van der Waals surface area contributed by atoms with E-state index in [0.29, 0.717) is 16.9 Å². The summed E-state index contributed by atoms with van der Waals surface area (Å²) in [6.45, 7) is 3.49. The molecular weight excluding hydrogens is 272 g/mol. The summed E-state index contributed by atoms with van der Waals surface area (Å²) in [5.41, 5.74) is 1.82. The van der Waals surface area contributed by atoms with Crippen molar-refractivity contribution in [2.24, 2.45) is 0 Å². The van der Waals surface area contributed by atoms with E-state index in [9.17, 15) is 9.90 Å². The van der Waals surface area contributed by atoms with Gasteiger partial charge in [0.2, 0.25) is 0 Å². The molecular formula is C16H20O5. The third-order valence-electron chi connectivity index (χ3n) is 3.36. The number of aliphatic hydroxyl groups excluding tert-OH is 2. The normalized spacial score (nSPS) is 12.6. The molecule has 0 saturated carbocycles. The highest BCUT2D eigenvalue weighted by molar-refractivity contribution is 5.84. The van der Waals surface area contributed by atoms with Crippen LogP contribution in [0.1, 0.15) is 24.5 Å². The zero-order chi connectivity index (χ0) is 15.4. The number of hydrogen-bond donors (Lipinski definition) is 2. The van der Waals surface area contributed by atoms with Gasteiger partial charge in [-0.3, -0.25) is 0 Å². The van der Waals surface area contributed by atoms with Gasteiger partial charge < -0.3 is 19.4 Å². The average molecular weight is 292 g/mol. The van der Waals surface area contributed by atoms with Gasteiger partial charge in [-0.15, -0.1) is 0 Å². The second kappa shape index (κ2) is 6.74. The van der Waals surface area contributed by atoms with Gasteiger partial charge in [-0.2, -0.15) is 0 Å². The minimum Gasteiger partial charge on any atom is -0.490 e. The van der Waals surface area contributed by atoms with Gasteiger partial charge in [-0.05, 0) is 31.0 Å². The molecule has 0 aliphatic rings. The highest BCUT2D eigenvalue weighted by atomic mass is 16.5. The maximum Gasteiger partial charge on any atom is 0.336 e. The number of fused-ring (bicyclic) bond motifs is 1. The van der Waals surface area contributed by atoms with Crippen molar-refractivity contribution in [2.45, 2.75) is 32.8 Å². The molecule has 1 aromatic heterocycles. The van der Waals surface area contributed by atoms with Crippen LogP contribution in [-0.2, 0) is 6.42 Å². The molecule has 1 atom stereocenters. The van der Waals surface area contributed by atoms with Crippen LogP contribution in [0.4, 0.5) is 0 Å². The van der Waals surface area contributed by atoms with Crippen molar-refractivity contribution in [3.8, 4) is 5.75 Å². The van der Waals surface area contributed by atoms with E-state index in [2.05, 4.69) is 6.92 Å². The van der Waals surface area contributed by atoms with Crippen LogP contribution in [0.25, 0.3) is 11.0 Å². The van der Waals surface area contributed by atoms with Gasteiger partial charge in [-0.1, -0.05) is 13.3 Å². The van der Waals surface area contributed by atoms with Gasteiger partial charge in [0.15, 0.2) is 0 Å². The summed E-state index contributed by atoms with van der Waals surface area (Å²) < 4.78 is 10.8. The zero-order valence-corrected chi connectivity index (χ0v) is 12.3. The smallest absolute Gasteiger partial charge is 0.336 e. The summed E-state index contributed by atoms with van der Waals surface area (Å²) in [5.74, 6) is 0.534. The fourth-order valence-corrected chi connectivity index (χ4v) is 2.28. The van der Waals surface area contributed by atoms with E-state index >= 15 is 0 Å². The average Bonchev–Trinajstić information content (AvgIpc) is 2.47. The van der Waals surface area contributed by atoms with E-state index in [0.717, 1.165) is 23.8 Å². The lowest BCUT2D eigenvalue weighted by Crippen LogP contribution is -2.21. The lowest BCUT2D eigenvalue weighted by atomic mass is 10.0. The Kier molecular flexibility index (Phi) is 4.98. The predicted octanol–water partition coefficient (Wildman–Crippen LogP) is 1.79. The molecule has 2 rings (SSSR count). The lowest BCUT2D eigenvalue weighted by molar-refractivity contribution is 0.0534. The number of aryl methyl sites for hydroxylation is 2. The SMILES string of the molecule is CCCc1cc(=O)oc2c(C)c(OC[C@H](O)CO)ccc12. The molecule has 0 aliphatic carbocycles. The Bertz CT molecular complexity index is 674. The van der Waals surface area contributed by atoms with Crippen molar-refractivity contribution in [1.29, 1.82) is 0 Å². The molecule has 114 valence electrons. The minimum absolute atomic E-state index is 0.0122. The monoisotopic (exact) mass is 292 g/mol. The van der Waals surface area contributed by atoms with Crippen molar-refractivity contribution in [3.05, 3.63) is 39.7 Å². The molecule has 5 nitrogen and oxygen atoms in total. The first-order chi connectivity index (χ1) is 10.1. The van der Waals surface area contributed by atoms with Crippen LogP contribution >= 0.6 is 0 Å². The number of rotatable bonds is 6. The molecule has 21 heavy (non-hydrogen) atoms. The van der Waals surface area contributed by atoms with E-state index < -0.39 is 6.10 Å². The Labute approximate surface area is 122 Å². The molecule has 1 aromatic carbocycles. The maximum absolute atomic E-state index is 11.7. The molecule has 1 heterocycles. The lowest BCUT2D eigenvalue weighted by Gasteiger charge is -2.14. The molecule has 0 bridgehead atoms. The maximum atomic E-state index is 11.7. The fraction of sp³-hybridized carbons (Fsp3) is 0.438. The first-order valence-electron chi connectivity index (χ1n) is 7.04. The van der Waals surface area contributed by atoms with Crippen LogP contribution < -0.4 is 10.4 Å². The Balaban J connectivity index is 2.44. The van der Waals surface area contributed by atoms with Gasteiger partial charge in [0, 0.05) is 17.0 Å². The van der Waals surface area contributed by atoms with Crippen molar-refractivity contribution in [2.75, 3.05) is 13.2 Å². The number of ether oxygens (including phenoxy) is 1. The second-order valence-corrected chi connectivity index (χ2v) is 5.05. The quantitative estimate of drug-likeness (QED) is 0.793. The molecule has 0 fully saturated rings. The van der Waals surface area contributed by atoms with E-state index in [4.69, 9.17) is 14.3 Å². The molecule has 0 radical (unpaired) electrons. The Hall–Kier alpha value is -1.85. The number of benzene rings is 1. The largest absolute Gasteiger partial charge is 0.490 e. The van der Waals surface area contributed by atoms with Gasteiger partial charge in [0.05, 0.1) is 6.61 Å². The van der Waals surface area contributed by atoms with Crippen molar-refractivity contribution >= 4 is 11.0 Å². The summed E-state index contributed by atoms with van der Waals surface area (Å²) in [7, 11) is 0. The molecule has 2 aromatic rings. The molecule has 0 aliphatic heterocycles. The van der Waals surface area contributed by atoms with Crippen LogP contribution in [0.3, 0.4) is 0 Å². The van der Waals surface area contributed by atoms with Gasteiger partial charge in [0.25, 0.3) is 0 Å². The summed E-state index contributed by atoms with van der Waals surface area (Å²) in [6.07, 6.45) is 0.822. The van der Waals surface area contributed by atoms with E-state index in [1.165, 1.54) is 6.07 Å². The zero-order valence-electron chi connectivity index (χ0n) is 12.3. The topological polar surface area (TPSA) is 79.9 Å². The summed E-state index contributed by atoms with van der Waals surface area (Å²) in [6, 6.07) is 5.18.